The van der Waals surface area contributed by atoms with Crippen molar-refractivity contribution in [1.82, 2.24) is 0 Å². The number of hydrogen-bond donors (Lipinski definition) is 0. The van der Waals surface area contributed by atoms with Crippen LogP contribution in [-0.2, 0) is 0 Å². The Bertz CT molecular complexity index is 141. The minimum atomic E-state index is 0.680. The first kappa shape index (κ1) is 10.5. The lowest BCUT2D eigenvalue weighted by molar-refractivity contribution is 0.583. The van der Waals surface area contributed by atoms with Gasteiger partial charge in [0.25, 0.3) is 0 Å². The molecule has 0 saturated heterocycles. The van der Waals surface area contributed by atoms with Crippen molar-refractivity contribution >= 4 is 7.85 Å². The van der Waals surface area contributed by atoms with Crippen LogP contribution in [0.15, 0.2) is 23.7 Å². The van der Waals surface area contributed by atoms with Crippen LogP contribution in [0.1, 0.15) is 33.6 Å². The van der Waals surface area contributed by atoms with E-state index in [-0.39, 0.29) is 0 Å². The first-order chi connectivity index (χ1) is 5.29. The molecule has 0 unspecified atom stereocenters. The van der Waals surface area contributed by atoms with Crippen molar-refractivity contribution in [2.24, 2.45) is 5.92 Å². The molecule has 0 aliphatic rings. The molecule has 0 fully saturated rings. The molecule has 60 valence electrons. The molecule has 0 spiro atoms. The minimum Gasteiger partial charge on any atom is -0.131 e. The van der Waals surface area contributed by atoms with Crippen LogP contribution in [0, 0.1) is 5.92 Å². The molecule has 0 amide bonds. The Labute approximate surface area is 71.8 Å². The van der Waals surface area contributed by atoms with Crippen molar-refractivity contribution < 1.29 is 0 Å². The maximum atomic E-state index is 5.33. The molecule has 0 bridgehead atoms. The maximum Gasteiger partial charge on any atom is 0.102 e. The van der Waals surface area contributed by atoms with Crippen molar-refractivity contribution in [3.8, 4) is 0 Å². The van der Waals surface area contributed by atoms with Crippen LogP contribution in [0.4, 0.5) is 0 Å². The van der Waals surface area contributed by atoms with Gasteiger partial charge in [-0.25, -0.2) is 0 Å². The second kappa shape index (κ2) is 6.27. The standard InChI is InChI=1S/C10H17B/c1-4-9(5-2)10(6-3)7-8-11/h6-9H,4-5H2,1-3H3. The fourth-order valence-electron chi connectivity index (χ4n) is 1.34. The van der Waals surface area contributed by atoms with Gasteiger partial charge in [0.2, 0.25) is 0 Å². The van der Waals surface area contributed by atoms with E-state index in [4.69, 9.17) is 7.85 Å². The fraction of sp³-hybridized carbons (Fsp3) is 0.600. The second-order valence-electron chi connectivity index (χ2n) is 2.66. The molecule has 0 aromatic rings. The number of hydrogen-bond acceptors (Lipinski definition) is 0. The minimum absolute atomic E-state index is 0.680. The molecule has 0 nitrogen and oxygen atoms in total. The second-order valence-corrected chi connectivity index (χ2v) is 2.66. The SMILES string of the molecule is [B]C=CC(=CC)C(CC)CC. The molecule has 11 heavy (non-hydrogen) atoms. The molecule has 0 aromatic carbocycles. The molecule has 0 aromatic heterocycles. The van der Waals surface area contributed by atoms with Crippen LogP contribution in [0.25, 0.3) is 0 Å². The van der Waals surface area contributed by atoms with Crippen molar-refractivity contribution in [3.05, 3.63) is 23.7 Å². The van der Waals surface area contributed by atoms with E-state index >= 15 is 0 Å². The van der Waals surface area contributed by atoms with Gasteiger partial charge in [0.05, 0.1) is 0 Å². The largest absolute Gasteiger partial charge is 0.131 e. The zero-order valence-electron chi connectivity index (χ0n) is 7.80. The third-order valence-electron chi connectivity index (χ3n) is 2.08. The van der Waals surface area contributed by atoms with Gasteiger partial charge in [-0.15, -0.1) is 5.98 Å². The Morgan fingerprint density at radius 3 is 2.18 bits per heavy atom. The molecule has 0 N–H and O–H groups in total. The molecule has 1 heteroatoms. The first-order valence-corrected chi connectivity index (χ1v) is 4.34. The van der Waals surface area contributed by atoms with E-state index in [9.17, 15) is 0 Å². The average Bonchev–Trinajstić information content (AvgIpc) is 2.05. The Balaban J connectivity index is 4.22. The summed E-state index contributed by atoms with van der Waals surface area (Å²) in [6.45, 7) is 6.48. The van der Waals surface area contributed by atoms with Crippen molar-refractivity contribution in [3.63, 3.8) is 0 Å². The van der Waals surface area contributed by atoms with Crippen molar-refractivity contribution in [1.29, 1.82) is 0 Å². The summed E-state index contributed by atoms with van der Waals surface area (Å²) in [5.74, 6) is 2.30. The molecular formula is C10H17B. The normalized spacial score (nSPS) is 13.3. The summed E-state index contributed by atoms with van der Waals surface area (Å²) in [6, 6.07) is 0. The third kappa shape index (κ3) is 3.45. The van der Waals surface area contributed by atoms with Crippen molar-refractivity contribution in [2.45, 2.75) is 33.6 Å². The summed E-state index contributed by atoms with van der Waals surface area (Å²) in [5, 5.41) is 0. The zero-order valence-corrected chi connectivity index (χ0v) is 7.80. The summed E-state index contributed by atoms with van der Waals surface area (Å²) < 4.78 is 0. The molecule has 0 aliphatic heterocycles. The van der Waals surface area contributed by atoms with E-state index in [0.717, 1.165) is 0 Å². The smallest absolute Gasteiger partial charge is 0.102 e. The van der Waals surface area contributed by atoms with E-state index in [2.05, 4.69) is 26.8 Å². The predicted octanol–water partition coefficient (Wildman–Crippen LogP) is 3.05. The van der Waals surface area contributed by atoms with Crippen molar-refractivity contribution in [2.75, 3.05) is 0 Å². The molecule has 0 rings (SSSR count). The quantitative estimate of drug-likeness (QED) is 0.424. The maximum absolute atomic E-state index is 5.33. The Morgan fingerprint density at radius 2 is 1.91 bits per heavy atom. The molecule has 0 saturated carbocycles. The Hall–Kier alpha value is -0.455. The van der Waals surface area contributed by atoms with Gasteiger partial charge >= 0.3 is 0 Å². The van der Waals surface area contributed by atoms with Gasteiger partial charge in [-0.05, 0) is 25.7 Å². The summed E-state index contributed by atoms with van der Waals surface area (Å²) in [7, 11) is 5.33. The van der Waals surface area contributed by atoms with Gasteiger partial charge in [-0.1, -0.05) is 31.6 Å². The Kier molecular flexibility index (Phi) is 6.01. The fourth-order valence-corrected chi connectivity index (χ4v) is 1.34. The van der Waals surface area contributed by atoms with E-state index in [1.165, 1.54) is 18.4 Å². The van der Waals surface area contributed by atoms with Gasteiger partial charge in [0.1, 0.15) is 7.85 Å². The molecule has 2 radical (unpaired) electrons. The van der Waals surface area contributed by atoms with Gasteiger partial charge in [-0.3, -0.25) is 0 Å². The van der Waals surface area contributed by atoms with Gasteiger partial charge in [0, 0.05) is 0 Å². The van der Waals surface area contributed by atoms with Gasteiger partial charge in [-0.2, -0.15) is 0 Å². The first-order valence-electron chi connectivity index (χ1n) is 4.34. The average molecular weight is 148 g/mol. The van der Waals surface area contributed by atoms with Crippen LogP contribution >= 0.6 is 0 Å². The predicted molar refractivity (Wildman–Crippen MR) is 52.7 cm³/mol. The highest BCUT2D eigenvalue weighted by molar-refractivity contribution is 6.17. The summed E-state index contributed by atoms with van der Waals surface area (Å²) >= 11 is 0. The molecule has 0 aliphatic carbocycles. The third-order valence-corrected chi connectivity index (χ3v) is 2.08. The van der Waals surface area contributed by atoms with Crippen LogP contribution in [-0.4, -0.2) is 7.85 Å². The summed E-state index contributed by atoms with van der Waals surface area (Å²) in [4.78, 5) is 0. The van der Waals surface area contributed by atoms with Crippen LogP contribution in [0.3, 0.4) is 0 Å². The Morgan fingerprint density at radius 1 is 1.36 bits per heavy atom. The van der Waals surface area contributed by atoms with Gasteiger partial charge in [0.15, 0.2) is 0 Å². The highest BCUT2D eigenvalue weighted by Crippen LogP contribution is 2.19. The van der Waals surface area contributed by atoms with Crippen LogP contribution < -0.4 is 0 Å². The monoisotopic (exact) mass is 148 g/mol. The van der Waals surface area contributed by atoms with E-state index in [1.807, 2.05) is 6.08 Å². The molecule has 0 heterocycles. The van der Waals surface area contributed by atoms with Crippen LogP contribution in [0.2, 0.25) is 0 Å². The lowest BCUT2D eigenvalue weighted by atomic mass is 9.92. The highest BCUT2D eigenvalue weighted by Gasteiger charge is 2.04. The highest BCUT2D eigenvalue weighted by atomic mass is 14.1. The summed E-state index contributed by atoms with van der Waals surface area (Å²) in [5.41, 5.74) is 1.36. The van der Waals surface area contributed by atoms with Gasteiger partial charge < -0.3 is 0 Å². The summed E-state index contributed by atoms with van der Waals surface area (Å²) in [6.07, 6.45) is 6.53. The lowest BCUT2D eigenvalue weighted by Crippen LogP contribution is -1.98. The van der Waals surface area contributed by atoms with E-state index in [1.54, 1.807) is 5.98 Å². The zero-order chi connectivity index (χ0) is 8.69. The van der Waals surface area contributed by atoms with E-state index in [0.29, 0.717) is 5.92 Å². The van der Waals surface area contributed by atoms with Crippen LogP contribution in [0.5, 0.6) is 0 Å². The molecular weight excluding hydrogens is 131 g/mol. The topological polar surface area (TPSA) is 0 Å². The number of allylic oxidation sites excluding steroid dienone is 3. The molecule has 0 atom stereocenters. The lowest BCUT2D eigenvalue weighted by Gasteiger charge is -2.12. The van der Waals surface area contributed by atoms with E-state index < -0.39 is 0 Å². The number of rotatable bonds is 4.